The number of anilines is 1. The van der Waals surface area contributed by atoms with Crippen molar-refractivity contribution >= 4 is 40.0 Å². The molecule has 10 heteroatoms. The lowest BCUT2D eigenvalue weighted by molar-refractivity contribution is -0.113. The number of hydrogen-bond acceptors (Lipinski definition) is 8. The van der Waals surface area contributed by atoms with Crippen LogP contribution in [0.15, 0.2) is 113 Å². The number of oxime groups is 1. The fourth-order valence-corrected chi connectivity index (χ4v) is 5.71. The standard InChI is InChI=1S/C35H30N6O3S/c1-22-9-18-31-29(19-22)30(20-32(37-31)25-12-16-28(44-3)17-13-25)34-38-39-35(41(34)27-7-5-4-6-8-27)45-21-33(42)36-26-14-10-24(11-15-26)23(2)40-43/h4-20,43H,21H2,1-3H3,(H,36,42)/b40-23+. The van der Waals surface area contributed by atoms with Crippen LogP contribution in [-0.4, -0.2) is 49.4 Å². The number of amides is 1. The Hall–Kier alpha value is -5.48. The lowest BCUT2D eigenvalue weighted by Gasteiger charge is -2.14. The van der Waals surface area contributed by atoms with Crippen molar-refractivity contribution in [1.29, 1.82) is 0 Å². The van der Waals surface area contributed by atoms with Crippen molar-refractivity contribution < 1.29 is 14.7 Å². The van der Waals surface area contributed by atoms with Crippen LogP contribution in [0.1, 0.15) is 18.1 Å². The highest BCUT2D eigenvalue weighted by molar-refractivity contribution is 7.99. The van der Waals surface area contributed by atoms with Gasteiger partial charge >= 0.3 is 0 Å². The summed E-state index contributed by atoms with van der Waals surface area (Å²) in [5.41, 5.74) is 7.35. The van der Waals surface area contributed by atoms with Gasteiger partial charge in [-0.25, -0.2) is 4.98 Å². The zero-order valence-corrected chi connectivity index (χ0v) is 25.7. The maximum atomic E-state index is 13.0. The van der Waals surface area contributed by atoms with Crippen LogP contribution in [0.2, 0.25) is 0 Å². The molecular weight excluding hydrogens is 584 g/mol. The minimum atomic E-state index is -0.184. The lowest BCUT2D eigenvalue weighted by Crippen LogP contribution is -2.14. The molecule has 0 saturated carbocycles. The summed E-state index contributed by atoms with van der Waals surface area (Å²) in [6, 6.07) is 33.0. The molecule has 0 fully saturated rings. The highest BCUT2D eigenvalue weighted by Gasteiger charge is 2.21. The molecule has 0 unspecified atom stereocenters. The Kier molecular flexibility index (Phi) is 8.56. The third-order valence-electron chi connectivity index (χ3n) is 7.31. The molecule has 0 spiro atoms. The molecule has 224 valence electrons. The first-order chi connectivity index (χ1) is 21.9. The summed E-state index contributed by atoms with van der Waals surface area (Å²) in [4.78, 5) is 18.0. The van der Waals surface area contributed by atoms with Crippen molar-refractivity contribution in [3.63, 3.8) is 0 Å². The number of rotatable bonds is 9. The van der Waals surface area contributed by atoms with Crippen LogP contribution >= 0.6 is 11.8 Å². The fourth-order valence-electron chi connectivity index (χ4n) is 4.96. The van der Waals surface area contributed by atoms with Crippen LogP contribution in [0, 0.1) is 6.92 Å². The number of aryl methyl sites for hydroxylation is 1. The zero-order chi connectivity index (χ0) is 31.3. The molecule has 0 saturated heterocycles. The van der Waals surface area contributed by atoms with Crippen molar-refractivity contribution in [2.45, 2.75) is 19.0 Å². The van der Waals surface area contributed by atoms with E-state index >= 15 is 0 Å². The van der Waals surface area contributed by atoms with E-state index in [1.807, 2.05) is 77.4 Å². The summed E-state index contributed by atoms with van der Waals surface area (Å²) in [5, 5.41) is 25.9. The number of aromatic nitrogens is 4. The molecule has 2 N–H and O–H groups in total. The molecule has 0 atom stereocenters. The van der Waals surface area contributed by atoms with E-state index in [0.29, 0.717) is 22.4 Å². The minimum absolute atomic E-state index is 0.122. The summed E-state index contributed by atoms with van der Waals surface area (Å²) in [6.07, 6.45) is 0. The van der Waals surface area contributed by atoms with Gasteiger partial charge in [-0.15, -0.1) is 10.2 Å². The second kappa shape index (κ2) is 13.0. The first-order valence-electron chi connectivity index (χ1n) is 14.2. The zero-order valence-electron chi connectivity index (χ0n) is 24.9. The number of methoxy groups -OCH3 is 1. The number of thioether (sulfide) groups is 1. The molecular formula is C35H30N6O3S. The summed E-state index contributed by atoms with van der Waals surface area (Å²) in [6.45, 7) is 3.76. The predicted octanol–water partition coefficient (Wildman–Crippen LogP) is 7.40. The number of hydrogen-bond donors (Lipinski definition) is 2. The van der Waals surface area contributed by atoms with E-state index in [-0.39, 0.29) is 11.7 Å². The van der Waals surface area contributed by atoms with E-state index in [0.717, 1.165) is 50.3 Å². The predicted molar refractivity (Wildman–Crippen MR) is 179 cm³/mol. The monoisotopic (exact) mass is 614 g/mol. The van der Waals surface area contributed by atoms with E-state index in [1.54, 1.807) is 38.3 Å². The fraction of sp³-hybridized carbons (Fsp3) is 0.114. The number of nitrogens with zero attached hydrogens (tertiary/aromatic N) is 5. The van der Waals surface area contributed by atoms with Crippen LogP contribution in [0.25, 0.3) is 39.2 Å². The number of carbonyl (C=O) groups excluding carboxylic acids is 1. The van der Waals surface area contributed by atoms with Crippen molar-refractivity contribution in [2.24, 2.45) is 5.16 Å². The minimum Gasteiger partial charge on any atom is -0.497 e. The maximum Gasteiger partial charge on any atom is 0.234 e. The molecule has 0 aliphatic heterocycles. The van der Waals surface area contributed by atoms with Crippen LogP contribution < -0.4 is 10.1 Å². The third-order valence-corrected chi connectivity index (χ3v) is 8.24. The van der Waals surface area contributed by atoms with Gasteiger partial charge in [0.25, 0.3) is 0 Å². The van der Waals surface area contributed by atoms with Crippen LogP contribution in [0.3, 0.4) is 0 Å². The number of benzene rings is 4. The van der Waals surface area contributed by atoms with E-state index in [2.05, 4.69) is 33.7 Å². The molecule has 6 rings (SSSR count). The van der Waals surface area contributed by atoms with Crippen LogP contribution in [0.4, 0.5) is 5.69 Å². The van der Waals surface area contributed by atoms with E-state index in [1.165, 1.54) is 11.8 Å². The van der Waals surface area contributed by atoms with Gasteiger partial charge in [-0.05, 0) is 86.1 Å². The maximum absolute atomic E-state index is 13.0. The van der Waals surface area contributed by atoms with Gasteiger partial charge in [-0.1, -0.05) is 58.9 Å². The summed E-state index contributed by atoms with van der Waals surface area (Å²) < 4.78 is 7.34. The molecule has 9 nitrogen and oxygen atoms in total. The van der Waals surface area contributed by atoms with Gasteiger partial charge in [0.1, 0.15) is 5.75 Å². The average Bonchev–Trinajstić information content (AvgIpc) is 3.51. The van der Waals surface area contributed by atoms with Crippen molar-refractivity contribution in [3.05, 3.63) is 114 Å². The third kappa shape index (κ3) is 6.41. The van der Waals surface area contributed by atoms with Gasteiger partial charge in [0.2, 0.25) is 5.91 Å². The topological polar surface area (TPSA) is 115 Å². The number of ether oxygens (including phenoxy) is 1. The number of nitrogens with one attached hydrogen (secondary N) is 1. The Morgan fingerprint density at radius 1 is 0.956 bits per heavy atom. The van der Waals surface area contributed by atoms with E-state index in [4.69, 9.17) is 14.9 Å². The van der Waals surface area contributed by atoms with Crippen molar-refractivity contribution in [3.8, 4) is 34.1 Å². The number of fused-ring (bicyclic) bond motifs is 1. The Morgan fingerprint density at radius 2 is 1.71 bits per heavy atom. The van der Waals surface area contributed by atoms with Crippen molar-refractivity contribution in [2.75, 3.05) is 18.2 Å². The second-order valence-electron chi connectivity index (χ2n) is 10.4. The lowest BCUT2D eigenvalue weighted by atomic mass is 10.0. The Balaban J connectivity index is 1.37. The van der Waals surface area contributed by atoms with E-state index < -0.39 is 0 Å². The molecule has 4 aromatic carbocycles. The molecule has 45 heavy (non-hydrogen) atoms. The highest BCUT2D eigenvalue weighted by Crippen LogP contribution is 2.35. The molecule has 0 aliphatic rings. The number of para-hydroxylation sites is 1. The van der Waals surface area contributed by atoms with Crippen molar-refractivity contribution in [1.82, 2.24) is 19.7 Å². The Labute approximate surface area is 264 Å². The number of pyridine rings is 1. The van der Waals surface area contributed by atoms with Gasteiger partial charge in [0, 0.05) is 27.9 Å². The summed E-state index contributed by atoms with van der Waals surface area (Å²) in [5.74, 6) is 1.36. The molecule has 0 bridgehead atoms. The van der Waals surface area contributed by atoms with Gasteiger partial charge in [-0.2, -0.15) is 0 Å². The normalized spacial score (nSPS) is 11.5. The second-order valence-corrected chi connectivity index (χ2v) is 11.3. The molecule has 0 aliphatic carbocycles. The molecule has 2 aromatic heterocycles. The smallest absolute Gasteiger partial charge is 0.234 e. The SMILES string of the molecule is COc1ccc(-c2cc(-c3nnc(SCC(=O)Nc4ccc(/C(C)=N/O)cc4)n3-c3ccccc3)c3cc(C)ccc3n2)cc1. The van der Waals surface area contributed by atoms with Gasteiger partial charge in [0.15, 0.2) is 11.0 Å². The van der Waals surface area contributed by atoms with Gasteiger partial charge < -0.3 is 15.3 Å². The molecule has 2 heterocycles. The first-order valence-corrected chi connectivity index (χ1v) is 15.2. The molecule has 0 radical (unpaired) electrons. The average molecular weight is 615 g/mol. The van der Waals surface area contributed by atoms with Crippen LogP contribution in [0.5, 0.6) is 5.75 Å². The Bertz CT molecular complexity index is 2010. The Morgan fingerprint density at radius 3 is 2.42 bits per heavy atom. The van der Waals surface area contributed by atoms with Gasteiger partial charge in [-0.3, -0.25) is 9.36 Å². The first kappa shape index (κ1) is 29.6. The molecule has 1 amide bonds. The summed E-state index contributed by atoms with van der Waals surface area (Å²) in [7, 11) is 1.65. The largest absolute Gasteiger partial charge is 0.497 e. The highest BCUT2D eigenvalue weighted by atomic mass is 32.2. The number of carbonyl (C=O) groups is 1. The van der Waals surface area contributed by atoms with E-state index in [9.17, 15) is 4.79 Å². The van der Waals surface area contributed by atoms with Crippen LogP contribution in [-0.2, 0) is 4.79 Å². The van der Waals surface area contributed by atoms with Gasteiger partial charge in [0.05, 0.1) is 29.8 Å². The molecule has 6 aromatic rings. The summed E-state index contributed by atoms with van der Waals surface area (Å²) >= 11 is 1.31. The quantitative estimate of drug-likeness (QED) is 0.0755.